The van der Waals surface area contributed by atoms with Crippen LogP contribution in [0, 0.1) is 11.3 Å². The van der Waals surface area contributed by atoms with E-state index in [9.17, 15) is 4.79 Å². The Hall–Kier alpha value is -2.02. The molecule has 1 aromatic rings. The van der Waals surface area contributed by atoms with E-state index in [0.717, 1.165) is 18.5 Å². The van der Waals surface area contributed by atoms with Crippen molar-refractivity contribution in [2.75, 3.05) is 11.9 Å². The van der Waals surface area contributed by atoms with Crippen LogP contribution in [0.4, 0.5) is 5.69 Å². The van der Waals surface area contributed by atoms with Crippen LogP contribution in [-0.4, -0.2) is 18.5 Å². The summed E-state index contributed by atoms with van der Waals surface area (Å²) in [7, 11) is 0. The van der Waals surface area contributed by atoms with Gasteiger partial charge >= 0.3 is 0 Å². The quantitative estimate of drug-likeness (QED) is 0.816. The van der Waals surface area contributed by atoms with Gasteiger partial charge in [0.05, 0.1) is 11.6 Å². The average Bonchev–Trinajstić information content (AvgIpc) is 2.76. The molecule has 0 radical (unpaired) electrons. The van der Waals surface area contributed by atoms with Crippen LogP contribution < -0.4 is 10.6 Å². The van der Waals surface area contributed by atoms with Crippen LogP contribution in [0.15, 0.2) is 24.3 Å². The second-order valence-electron chi connectivity index (χ2n) is 5.63. The highest BCUT2D eigenvalue weighted by atomic mass is 16.1. The summed E-state index contributed by atoms with van der Waals surface area (Å²) in [6.07, 6.45) is 7.74. The molecule has 0 aliphatic heterocycles. The van der Waals surface area contributed by atoms with Crippen molar-refractivity contribution in [3.8, 4) is 6.07 Å². The van der Waals surface area contributed by atoms with Crippen LogP contribution in [0.25, 0.3) is 0 Å². The summed E-state index contributed by atoms with van der Waals surface area (Å²) < 4.78 is 0. The van der Waals surface area contributed by atoms with Crippen molar-refractivity contribution in [3.05, 3.63) is 29.8 Å². The number of nitrogens with one attached hydrogen (secondary N) is 2. The molecule has 1 fully saturated rings. The normalized spacial score (nSPS) is 15.8. The van der Waals surface area contributed by atoms with E-state index in [1.807, 2.05) is 12.1 Å². The fourth-order valence-electron chi connectivity index (χ4n) is 2.74. The molecular weight excluding hydrogens is 262 g/mol. The van der Waals surface area contributed by atoms with Crippen molar-refractivity contribution in [3.63, 3.8) is 0 Å². The molecule has 0 unspecified atom stereocenters. The number of hydrogen-bond acceptors (Lipinski definition) is 3. The van der Waals surface area contributed by atoms with Gasteiger partial charge in [-0.15, -0.1) is 0 Å². The van der Waals surface area contributed by atoms with Gasteiger partial charge < -0.3 is 10.6 Å². The van der Waals surface area contributed by atoms with Gasteiger partial charge in [0.1, 0.15) is 0 Å². The highest BCUT2D eigenvalue weighted by Crippen LogP contribution is 2.17. The van der Waals surface area contributed by atoms with Crippen LogP contribution in [0.1, 0.15) is 50.5 Å². The number of benzene rings is 1. The molecule has 0 saturated heterocycles. The second kappa shape index (κ2) is 8.31. The van der Waals surface area contributed by atoms with E-state index in [-0.39, 0.29) is 5.91 Å². The summed E-state index contributed by atoms with van der Waals surface area (Å²) in [4.78, 5) is 11.9. The lowest BCUT2D eigenvalue weighted by Gasteiger charge is -2.16. The zero-order valence-electron chi connectivity index (χ0n) is 12.4. The Balaban J connectivity index is 1.70. The number of carbonyl (C=O) groups is 1. The smallest absolute Gasteiger partial charge is 0.221 e. The van der Waals surface area contributed by atoms with Gasteiger partial charge in [-0.3, -0.25) is 4.79 Å². The lowest BCUT2D eigenvalue weighted by molar-refractivity contribution is -0.121. The Labute approximate surface area is 126 Å². The maximum atomic E-state index is 11.9. The molecule has 0 spiro atoms. The van der Waals surface area contributed by atoms with Gasteiger partial charge in [0.25, 0.3) is 0 Å². The van der Waals surface area contributed by atoms with E-state index >= 15 is 0 Å². The number of amides is 1. The predicted molar refractivity (Wildman–Crippen MR) is 83.9 cm³/mol. The summed E-state index contributed by atoms with van der Waals surface area (Å²) in [5.41, 5.74) is 1.51. The first-order chi connectivity index (χ1) is 10.3. The monoisotopic (exact) mass is 285 g/mol. The Morgan fingerprint density at radius 1 is 1.24 bits per heavy atom. The largest absolute Gasteiger partial charge is 0.384 e. The van der Waals surface area contributed by atoms with Crippen LogP contribution in [-0.2, 0) is 4.79 Å². The molecule has 0 aromatic heterocycles. The Morgan fingerprint density at radius 3 is 2.71 bits per heavy atom. The molecule has 0 heterocycles. The summed E-state index contributed by atoms with van der Waals surface area (Å²) in [6, 6.07) is 9.78. The first kappa shape index (κ1) is 15.4. The average molecular weight is 285 g/mol. The molecule has 1 aliphatic carbocycles. The van der Waals surface area contributed by atoms with E-state index in [1.165, 1.54) is 25.7 Å². The Bertz CT molecular complexity index is 499. The number of nitrogens with zero attached hydrogens (tertiary/aromatic N) is 1. The molecule has 2 rings (SSSR count). The van der Waals surface area contributed by atoms with Gasteiger partial charge in [0.2, 0.25) is 5.91 Å². The molecule has 1 aliphatic rings. The minimum atomic E-state index is 0.117. The second-order valence-corrected chi connectivity index (χ2v) is 5.63. The van der Waals surface area contributed by atoms with Crippen molar-refractivity contribution in [2.45, 2.75) is 51.0 Å². The highest BCUT2D eigenvalue weighted by Gasteiger charge is 2.14. The minimum absolute atomic E-state index is 0.117. The van der Waals surface area contributed by atoms with Gasteiger partial charge in [-0.05, 0) is 31.0 Å². The predicted octanol–water partition coefficient (Wildman–Crippen LogP) is 3.20. The molecule has 0 bridgehead atoms. The molecule has 1 aromatic carbocycles. The molecule has 1 saturated carbocycles. The van der Waals surface area contributed by atoms with Crippen molar-refractivity contribution in [1.82, 2.24) is 5.32 Å². The van der Waals surface area contributed by atoms with Crippen molar-refractivity contribution >= 4 is 11.6 Å². The fourth-order valence-corrected chi connectivity index (χ4v) is 2.74. The van der Waals surface area contributed by atoms with E-state index in [0.29, 0.717) is 24.6 Å². The van der Waals surface area contributed by atoms with Crippen LogP contribution >= 0.6 is 0 Å². The molecule has 4 heteroatoms. The van der Waals surface area contributed by atoms with Crippen molar-refractivity contribution in [1.29, 1.82) is 5.26 Å². The maximum Gasteiger partial charge on any atom is 0.221 e. The van der Waals surface area contributed by atoms with E-state index in [1.54, 1.807) is 12.1 Å². The third-order valence-corrected chi connectivity index (χ3v) is 3.89. The van der Waals surface area contributed by atoms with Gasteiger partial charge in [0, 0.05) is 24.7 Å². The van der Waals surface area contributed by atoms with E-state index < -0.39 is 0 Å². The zero-order chi connectivity index (χ0) is 14.9. The number of anilines is 1. The summed E-state index contributed by atoms with van der Waals surface area (Å²) >= 11 is 0. The third kappa shape index (κ3) is 5.47. The topological polar surface area (TPSA) is 64.9 Å². The SMILES string of the molecule is N#Cc1cccc(NCCC(=O)NC2CCCCCC2)c1. The number of nitriles is 1. The first-order valence-corrected chi connectivity index (χ1v) is 7.81. The van der Waals surface area contributed by atoms with Crippen LogP contribution in [0.3, 0.4) is 0 Å². The van der Waals surface area contributed by atoms with Gasteiger partial charge in [-0.1, -0.05) is 31.7 Å². The molecule has 112 valence electrons. The van der Waals surface area contributed by atoms with Gasteiger partial charge in [0.15, 0.2) is 0 Å². The Kier molecular flexibility index (Phi) is 6.08. The zero-order valence-corrected chi connectivity index (χ0v) is 12.4. The number of rotatable bonds is 5. The highest BCUT2D eigenvalue weighted by molar-refractivity contribution is 5.76. The molecule has 1 amide bonds. The molecule has 0 atom stereocenters. The molecule has 4 nitrogen and oxygen atoms in total. The number of hydrogen-bond donors (Lipinski definition) is 2. The van der Waals surface area contributed by atoms with E-state index in [4.69, 9.17) is 5.26 Å². The van der Waals surface area contributed by atoms with Crippen molar-refractivity contribution in [2.24, 2.45) is 0 Å². The van der Waals surface area contributed by atoms with Gasteiger partial charge in [-0.2, -0.15) is 5.26 Å². The maximum absolute atomic E-state index is 11.9. The van der Waals surface area contributed by atoms with E-state index in [2.05, 4.69) is 16.7 Å². The van der Waals surface area contributed by atoms with Crippen LogP contribution in [0.5, 0.6) is 0 Å². The first-order valence-electron chi connectivity index (χ1n) is 7.81. The summed E-state index contributed by atoms with van der Waals surface area (Å²) in [6.45, 7) is 0.591. The van der Waals surface area contributed by atoms with Gasteiger partial charge in [-0.25, -0.2) is 0 Å². The number of carbonyl (C=O) groups excluding carboxylic acids is 1. The van der Waals surface area contributed by atoms with Crippen LogP contribution in [0.2, 0.25) is 0 Å². The summed E-state index contributed by atoms with van der Waals surface area (Å²) in [5, 5.41) is 15.2. The lowest BCUT2D eigenvalue weighted by atomic mass is 10.1. The molecule has 21 heavy (non-hydrogen) atoms. The summed E-state index contributed by atoms with van der Waals surface area (Å²) in [5.74, 6) is 0.117. The minimum Gasteiger partial charge on any atom is -0.384 e. The molecule has 2 N–H and O–H groups in total. The Morgan fingerprint density at radius 2 is 2.00 bits per heavy atom. The molecular formula is C17H23N3O. The fraction of sp³-hybridized carbons (Fsp3) is 0.529. The third-order valence-electron chi connectivity index (χ3n) is 3.89. The van der Waals surface area contributed by atoms with Crippen molar-refractivity contribution < 1.29 is 4.79 Å². The standard InChI is InChI=1S/C17H23N3O/c18-13-14-6-5-9-16(12-14)19-11-10-17(21)20-15-7-3-1-2-4-8-15/h5-6,9,12,15,19H,1-4,7-8,10-11H2,(H,20,21). The lowest BCUT2D eigenvalue weighted by Crippen LogP contribution is -2.35.